The van der Waals surface area contributed by atoms with Gasteiger partial charge in [-0.05, 0) is 12.5 Å². The zero-order valence-electron chi connectivity index (χ0n) is 15.1. The highest BCUT2D eigenvalue weighted by Gasteiger charge is 2.24. The standard InChI is InChI=1S/C17H20N2O6S/c1-8-12(17(21)25-5)15(18)26-14(8)16(20)19-9-6-10(22-2)13(24-4)11(7-9)23-3/h6-7H,18H2,1-5H3,(H,19,20). The normalized spacial score (nSPS) is 10.2. The Morgan fingerprint density at radius 2 is 1.62 bits per heavy atom. The van der Waals surface area contributed by atoms with Gasteiger partial charge in [0.2, 0.25) is 5.75 Å². The molecule has 140 valence electrons. The summed E-state index contributed by atoms with van der Waals surface area (Å²) in [5, 5.41) is 2.97. The second kappa shape index (κ2) is 7.96. The van der Waals surface area contributed by atoms with Gasteiger partial charge in [0.05, 0.1) is 38.9 Å². The van der Waals surface area contributed by atoms with Crippen molar-refractivity contribution in [3.05, 3.63) is 28.1 Å². The molecule has 26 heavy (non-hydrogen) atoms. The van der Waals surface area contributed by atoms with E-state index in [9.17, 15) is 9.59 Å². The highest BCUT2D eigenvalue weighted by Crippen LogP contribution is 2.40. The summed E-state index contributed by atoms with van der Waals surface area (Å²) in [6.45, 7) is 1.64. The van der Waals surface area contributed by atoms with E-state index >= 15 is 0 Å². The molecule has 2 rings (SSSR count). The van der Waals surface area contributed by atoms with Gasteiger partial charge in [-0.1, -0.05) is 0 Å². The van der Waals surface area contributed by atoms with Gasteiger partial charge in [-0.25, -0.2) is 4.79 Å². The van der Waals surface area contributed by atoms with Gasteiger partial charge in [0.25, 0.3) is 5.91 Å². The minimum atomic E-state index is -0.580. The predicted octanol–water partition coefficient (Wildman–Crippen LogP) is 2.70. The first-order valence-electron chi connectivity index (χ1n) is 7.46. The van der Waals surface area contributed by atoms with E-state index in [1.807, 2.05) is 0 Å². The maximum atomic E-state index is 12.6. The predicted molar refractivity (Wildman–Crippen MR) is 98.9 cm³/mol. The number of nitrogen functional groups attached to an aromatic ring is 1. The average molecular weight is 380 g/mol. The largest absolute Gasteiger partial charge is 0.493 e. The van der Waals surface area contributed by atoms with Crippen LogP contribution < -0.4 is 25.3 Å². The molecule has 2 aromatic rings. The third-order valence-corrected chi connectivity index (χ3v) is 4.81. The van der Waals surface area contributed by atoms with Crippen LogP contribution in [0.5, 0.6) is 17.2 Å². The third kappa shape index (κ3) is 3.52. The first-order chi connectivity index (χ1) is 12.4. The summed E-state index contributed by atoms with van der Waals surface area (Å²) in [5.41, 5.74) is 6.96. The fourth-order valence-electron chi connectivity index (χ4n) is 2.45. The molecule has 8 nitrogen and oxygen atoms in total. The maximum absolute atomic E-state index is 12.6. The van der Waals surface area contributed by atoms with Crippen LogP contribution in [0.25, 0.3) is 0 Å². The number of amides is 1. The minimum absolute atomic E-state index is 0.201. The van der Waals surface area contributed by atoms with Crippen LogP contribution in [0, 0.1) is 6.92 Å². The number of rotatable bonds is 6. The lowest BCUT2D eigenvalue weighted by molar-refractivity contribution is 0.0601. The number of benzene rings is 1. The topological polar surface area (TPSA) is 109 Å². The van der Waals surface area contributed by atoms with Crippen molar-refractivity contribution in [1.29, 1.82) is 0 Å². The van der Waals surface area contributed by atoms with Gasteiger partial charge in [0, 0.05) is 17.8 Å². The van der Waals surface area contributed by atoms with Gasteiger partial charge in [-0.2, -0.15) is 0 Å². The zero-order valence-corrected chi connectivity index (χ0v) is 15.9. The number of methoxy groups -OCH3 is 4. The number of hydrogen-bond acceptors (Lipinski definition) is 8. The summed E-state index contributed by atoms with van der Waals surface area (Å²) in [4.78, 5) is 24.8. The molecule has 0 saturated carbocycles. The molecular weight excluding hydrogens is 360 g/mol. The van der Waals surface area contributed by atoms with E-state index in [0.717, 1.165) is 11.3 Å². The Bertz CT molecular complexity index is 821. The molecule has 3 N–H and O–H groups in total. The minimum Gasteiger partial charge on any atom is -0.493 e. The molecule has 0 spiro atoms. The van der Waals surface area contributed by atoms with Crippen LogP contribution in [0.3, 0.4) is 0 Å². The van der Waals surface area contributed by atoms with Crippen molar-refractivity contribution >= 4 is 33.9 Å². The Labute approximate surface area is 154 Å². The number of hydrogen-bond donors (Lipinski definition) is 2. The quantitative estimate of drug-likeness (QED) is 0.742. The molecule has 0 atom stereocenters. The SMILES string of the molecule is COC(=O)c1c(N)sc(C(=O)Nc2cc(OC)c(OC)c(OC)c2)c1C. The monoisotopic (exact) mass is 380 g/mol. The molecule has 1 amide bonds. The molecule has 9 heteroatoms. The lowest BCUT2D eigenvalue weighted by Crippen LogP contribution is -2.13. The highest BCUT2D eigenvalue weighted by molar-refractivity contribution is 7.18. The van der Waals surface area contributed by atoms with Crippen molar-refractivity contribution in [2.75, 3.05) is 39.5 Å². The Morgan fingerprint density at radius 3 is 2.08 bits per heavy atom. The molecule has 1 aromatic carbocycles. The van der Waals surface area contributed by atoms with Crippen molar-refractivity contribution < 1.29 is 28.5 Å². The molecule has 1 heterocycles. The number of carbonyl (C=O) groups is 2. The van der Waals surface area contributed by atoms with Gasteiger partial charge in [0.1, 0.15) is 5.00 Å². The van der Waals surface area contributed by atoms with E-state index in [1.54, 1.807) is 19.1 Å². The average Bonchev–Trinajstić information content (AvgIpc) is 2.94. The van der Waals surface area contributed by atoms with Gasteiger partial charge in [-0.3, -0.25) is 4.79 Å². The molecule has 1 aromatic heterocycles. The van der Waals surface area contributed by atoms with Crippen molar-refractivity contribution in [3.8, 4) is 17.2 Å². The molecule has 0 aliphatic carbocycles. The number of anilines is 2. The molecule has 0 saturated heterocycles. The summed E-state index contributed by atoms with van der Waals surface area (Å²) < 4.78 is 20.5. The molecule has 0 radical (unpaired) electrons. The Balaban J connectivity index is 2.38. The maximum Gasteiger partial charge on any atom is 0.341 e. The zero-order chi connectivity index (χ0) is 19.4. The molecule has 0 aliphatic heterocycles. The van der Waals surface area contributed by atoms with Crippen LogP contribution >= 0.6 is 11.3 Å². The second-order valence-corrected chi connectivity index (χ2v) is 6.21. The van der Waals surface area contributed by atoms with Crippen LogP contribution in [0.4, 0.5) is 10.7 Å². The first kappa shape index (κ1) is 19.4. The number of ether oxygens (including phenoxy) is 4. The number of thiophene rings is 1. The van der Waals surface area contributed by atoms with Crippen molar-refractivity contribution in [1.82, 2.24) is 0 Å². The Morgan fingerprint density at radius 1 is 1.04 bits per heavy atom. The Hall–Kier alpha value is -2.94. The lowest BCUT2D eigenvalue weighted by atomic mass is 10.1. The van der Waals surface area contributed by atoms with Gasteiger partial charge in [0.15, 0.2) is 11.5 Å². The fourth-order valence-corrected chi connectivity index (χ4v) is 3.41. The molecular formula is C17H20N2O6S. The van der Waals surface area contributed by atoms with Crippen LogP contribution in [0.1, 0.15) is 25.6 Å². The highest BCUT2D eigenvalue weighted by atomic mass is 32.1. The van der Waals surface area contributed by atoms with E-state index < -0.39 is 11.9 Å². The lowest BCUT2D eigenvalue weighted by Gasteiger charge is -2.14. The van der Waals surface area contributed by atoms with E-state index in [0.29, 0.717) is 33.4 Å². The number of nitrogens with two attached hydrogens (primary N) is 1. The van der Waals surface area contributed by atoms with Crippen LogP contribution in [0.15, 0.2) is 12.1 Å². The van der Waals surface area contributed by atoms with E-state index in [2.05, 4.69) is 5.32 Å². The van der Waals surface area contributed by atoms with E-state index in [-0.39, 0.29) is 10.6 Å². The number of carbonyl (C=O) groups excluding carboxylic acids is 2. The fraction of sp³-hybridized carbons (Fsp3) is 0.294. The molecule has 0 fully saturated rings. The second-order valence-electron chi connectivity index (χ2n) is 5.16. The smallest absolute Gasteiger partial charge is 0.341 e. The van der Waals surface area contributed by atoms with Gasteiger partial charge in [-0.15, -0.1) is 11.3 Å². The summed E-state index contributed by atoms with van der Waals surface area (Å²) in [7, 11) is 5.71. The molecule has 0 aliphatic rings. The van der Waals surface area contributed by atoms with Crippen molar-refractivity contribution in [2.24, 2.45) is 0 Å². The summed E-state index contributed by atoms with van der Waals surface area (Å²) in [6, 6.07) is 3.21. The third-order valence-electron chi connectivity index (χ3n) is 3.69. The molecule has 0 bridgehead atoms. The summed E-state index contributed by atoms with van der Waals surface area (Å²) in [6.07, 6.45) is 0. The van der Waals surface area contributed by atoms with Crippen LogP contribution in [-0.4, -0.2) is 40.3 Å². The Kier molecular flexibility index (Phi) is 5.93. The van der Waals surface area contributed by atoms with E-state index in [1.165, 1.54) is 28.4 Å². The van der Waals surface area contributed by atoms with Gasteiger partial charge >= 0.3 is 5.97 Å². The number of esters is 1. The van der Waals surface area contributed by atoms with Crippen molar-refractivity contribution in [2.45, 2.75) is 6.92 Å². The van der Waals surface area contributed by atoms with Gasteiger partial charge < -0.3 is 30.0 Å². The van der Waals surface area contributed by atoms with Crippen LogP contribution in [-0.2, 0) is 4.74 Å². The summed E-state index contributed by atoms with van der Waals surface area (Å²) in [5.74, 6) is 0.226. The summed E-state index contributed by atoms with van der Waals surface area (Å²) >= 11 is 1.02. The molecule has 0 unspecified atom stereocenters. The first-order valence-corrected chi connectivity index (χ1v) is 8.28. The van der Waals surface area contributed by atoms with Crippen molar-refractivity contribution in [3.63, 3.8) is 0 Å². The number of nitrogens with one attached hydrogen (secondary N) is 1. The van der Waals surface area contributed by atoms with Crippen LogP contribution in [0.2, 0.25) is 0 Å². The van der Waals surface area contributed by atoms with E-state index in [4.69, 9.17) is 24.7 Å².